The molecule has 3 N–H and O–H groups in total. The van der Waals surface area contributed by atoms with Crippen LogP contribution >= 0.6 is 11.6 Å². The molecule has 0 heterocycles. The number of nitrogens with zero attached hydrogens (tertiary/aromatic N) is 2. The summed E-state index contributed by atoms with van der Waals surface area (Å²) in [6.07, 6.45) is 1.11. The molecule has 0 spiro atoms. The molecule has 0 saturated heterocycles. The average molecular weight is 350 g/mol. The molecular weight excluding hydrogens is 338 g/mol. The maximum Gasteiger partial charge on any atom is 0.311 e. The van der Waals surface area contributed by atoms with E-state index >= 15 is 0 Å². The number of rotatable bonds is 5. The van der Waals surface area contributed by atoms with E-state index in [1.165, 1.54) is 0 Å². The molecule has 0 aliphatic heterocycles. The van der Waals surface area contributed by atoms with Gasteiger partial charge in [0.1, 0.15) is 5.75 Å². The van der Waals surface area contributed by atoms with Crippen molar-refractivity contribution in [1.29, 1.82) is 0 Å². The van der Waals surface area contributed by atoms with Crippen LogP contribution in [0.15, 0.2) is 41.5 Å². The van der Waals surface area contributed by atoms with Crippen LogP contribution in [0.3, 0.4) is 0 Å². The highest BCUT2D eigenvalue weighted by Crippen LogP contribution is 2.31. The Labute approximate surface area is 141 Å². The minimum absolute atomic E-state index is 0.0220. The van der Waals surface area contributed by atoms with Crippen LogP contribution in [0, 0.1) is 10.1 Å². The normalized spacial score (nSPS) is 10.7. The zero-order chi connectivity index (χ0) is 17.7. The predicted molar refractivity (Wildman–Crippen MR) is 87.3 cm³/mol. The van der Waals surface area contributed by atoms with Crippen molar-refractivity contribution >= 4 is 29.4 Å². The van der Waals surface area contributed by atoms with E-state index in [1.807, 2.05) is 0 Å². The maximum atomic E-state index is 11.7. The molecule has 2 aromatic carbocycles. The number of halogens is 1. The van der Waals surface area contributed by atoms with Gasteiger partial charge in [0, 0.05) is 22.7 Å². The second-order valence-electron chi connectivity index (χ2n) is 4.75. The molecule has 9 heteroatoms. The van der Waals surface area contributed by atoms with Crippen molar-refractivity contribution in [2.24, 2.45) is 5.10 Å². The van der Waals surface area contributed by atoms with Gasteiger partial charge in [0.15, 0.2) is 5.75 Å². The van der Waals surface area contributed by atoms with Gasteiger partial charge >= 0.3 is 5.69 Å². The quantitative estimate of drug-likeness (QED) is 0.434. The fourth-order valence-electron chi connectivity index (χ4n) is 1.83. The van der Waals surface area contributed by atoms with Crippen molar-refractivity contribution in [2.45, 2.75) is 6.42 Å². The first-order valence-corrected chi connectivity index (χ1v) is 7.01. The highest BCUT2D eigenvalue weighted by Gasteiger charge is 2.16. The lowest BCUT2D eigenvalue weighted by Gasteiger charge is -2.02. The molecule has 0 aliphatic rings. The second kappa shape index (κ2) is 7.42. The topological polar surface area (TPSA) is 125 Å². The van der Waals surface area contributed by atoms with Gasteiger partial charge in [-0.1, -0.05) is 23.7 Å². The van der Waals surface area contributed by atoms with Gasteiger partial charge in [-0.15, -0.1) is 0 Å². The lowest BCUT2D eigenvalue weighted by Crippen LogP contribution is -2.19. The number of carbonyl (C=O) groups is 1. The third kappa shape index (κ3) is 4.43. The van der Waals surface area contributed by atoms with Crippen LogP contribution in [0.4, 0.5) is 5.69 Å². The summed E-state index contributed by atoms with van der Waals surface area (Å²) in [5, 5.41) is 33.9. The van der Waals surface area contributed by atoms with Gasteiger partial charge in [-0.25, -0.2) is 5.43 Å². The summed E-state index contributed by atoms with van der Waals surface area (Å²) >= 11 is 5.75. The minimum Gasteiger partial charge on any atom is -0.507 e. The average Bonchev–Trinajstić information content (AvgIpc) is 2.51. The molecule has 0 fully saturated rings. The summed E-state index contributed by atoms with van der Waals surface area (Å²) in [6, 6.07) is 8.47. The van der Waals surface area contributed by atoms with E-state index in [0.29, 0.717) is 5.02 Å². The highest BCUT2D eigenvalue weighted by atomic mass is 35.5. The van der Waals surface area contributed by atoms with Gasteiger partial charge in [0.2, 0.25) is 5.91 Å². The Balaban J connectivity index is 2.03. The molecule has 1 amide bonds. The Morgan fingerprint density at radius 2 is 1.92 bits per heavy atom. The van der Waals surface area contributed by atoms with Crippen LogP contribution in [0.1, 0.15) is 11.1 Å². The number of nitrogens with one attached hydrogen (secondary N) is 1. The van der Waals surface area contributed by atoms with E-state index in [9.17, 15) is 25.1 Å². The predicted octanol–water partition coefficient (Wildman–Crippen LogP) is 2.35. The molecule has 0 aromatic heterocycles. The highest BCUT2D eigenvalue weighted by molar-refractivity contribution is 6.30. The smallest absolute Gasteiger partial charge is 0.311 e. The maximum absolute atomic E-state index is 11.7. The molecule has 124 valence electrons. The summed E-state index contributed by atoms with van der Waals surface area (Å²) in [4.78, 5) is 21.7. The van der Waals surface area contributed by atoms with Crippen molar-refractivity contribution in [3.8, 4) is 11.5 Å². The summed E-state index contributed by atoms with van der Waals surface area (Å²) in [5.41, 5.74) is 2.37. The van der Waals surface area contributed by atoms with Crippen molar-refractivity contribution in [3.63, 3.8) is 0 Å². The van der Waals surface area contributed by atoms with Crippen molar-refractivity contribution in [2.75, 3.05) is 0 Å². The summed E-state index contributed by atoms with van der Waals surface area (Å²) < 4.78 is 0. The van der Waals surface area contributed by atoms with Gasteiger partial charge in [-0.05, 0) is 17.7 Å². The number of nitro benzene ring substituents is 1. The molecule has 2 aromatic rings. The molecule has 0 saturated carbocycles. The van der Waals surface area contributed by atoms with E-state index in [0.717, 1.165) is 23.9 Å². The van der Waals surface area contributed by atoms with Crippen LogP contribution in [0.25, 0.3) is 0 Å². The molecular formula is C15H12ClN3O5. The van der Waals surface area contributed by atoms with E-state index in [4.69, 9.17) is 11.6 Å². The molecule has 8 nitrogen and oxygen atoms in total. The van der Waals surface area contributed by atoms with Crippen LogP contribution < -0.4 is 5.43 Å². The summed E-state index contributed by atoms with van der Waals surface area (Å²) in [5.74, 6) is -1.49. The van der Waals surface area contributed by atoms with Crippen molar-refractivity contribution in [1.82, 2.24) is 5.43 Å². The third-order valence-electron chi connectivity index (χ3n) is 2.99. The number of hydrogen-bond donors (Lipinski definition) is 3. The Hall–Kier alpha value is -3.13. The number of amides is 1. The first kappa shape index (κ1) is 17.2. The molecule has 24 heavy (non-hydrogen) atoms. The second-order valence-corrected chi connectivity index (χ2v) is 5.19. The molecule has 0 aliphatic carbocycles. The van der Waals surface area contributed by atoms with Gasteiger partial charge in [0.05, 0.1) is 17.6 Å². The third-order valence-corrected chi connectivity index (χ3v) is 3.24. The van der Waals surface area contributed by atoms with Crippen molar-refractivity contribution in [3.05, 3.63) is 62.7 Å². The standard InChI is InChI=1S/C15H12ClN3O5/c16-11-3-1-9(2-4-11)5-15(22)18-17-8-10-6-12(19(23)24)14(21)7-13(10)20/h1-4,6-8,20-21H,5H2,(H,18,22)/b17-8-. The van der Waals surface area contributed by atoms with Gasteiger partial charge in [-0.3, -0.25) is 14.9 Å². The Bertz CT molecular complexity index is 806. The van der Waals surface area contributed by atoms with Crippen LogP contribution in [0.5, 0.6) is 11.5 Å². The number of hydrogen-bond acceptors (Lipinski definition) is 6. The number of phenolic OH excluding ortho intramolecular Hbond substituents is 2. The zero-order valence-electron chi connectivity index (χ0n) is 12.1. The Morgan fingerprint density at radius 3 is 2.54 bits per heavy atom. The number of hydrazone groups is 1. The Kier molecular flexibility index (Phi) is 5.33. The molecule has 2 rings (SSSR count). The lowest BCUT2D eigenvalue weighted by molar-refractivity contribution is -0.385. The fourth-order valence-corrected chi connectivity index (χ4v) is 1.96. The zero-order valence-corrected chi connectivity index (χ0v) is 12.9. The van der Waals surface area contributed by atoms with E-state index in [1.54, 1.807) is 24.3 Å². The summed E-state index contributed by atoms with van der Waals surface area (Å²) in [6.45, 7) is 0. The number of phenols is 2. The van der Waals surface area contributed by atoms with E-state index in [2.05, 4.69) is 10.5 Å². The molecule has 0 atom stereocenters. The van der Waals surface area contributed by atoms with Crippen molar-refractivity contribution < 1.29 is 19.9 Å². The van der Waals surface area contributed by atoms with Gasteiger partial charge in [0.25, 0.3) is 0 Å². The largest absolute Gasteiger partial charge is 0.507 e. The SMILES string of the molecule is O=C(Cc1ccc(Cl)cc1)N/N=C\c1cc([N+](=O)[O-])c(O)cc1O. The van der Waals surface area contributed by atoms with Crippen LogP contribution in [0.2, 0.25) is 5.02 Å². The number of carbonyl (C=O) groups excluding carboxylic acids is 1. The van der Waals surface area contributed by atoms with Gasteiger partial charge in [-0.2, -0.15) is 5.10 Å². The van der Waals surface area contributed by atoms with Gasteiger partial charge < -0.3 is 10.2 Å². The first-order chi connectivity index (χ1) is 11.4. The lowest BCUT2D eigenvalue weighted by atomic mass is 10.1. The van der Waals surface area contributed by atoms with E-state index < -0.39 is 28.0 Å². The number of aromatic hydroxyl groups is 2. The Morgan fingerprint density at radius 1 is 1.25 bits per heavy atom. The number of nitro groups is 1. The molecule has 0 bridgehead atoms. The first-order valence-electron chi connectivity index (χ1n) is 6.63. The molecule has 0 radical (unpaired) electrons. The monoisotopic (exact) mass is 349 g/mol. The van der Waals surface area contributed by atoms with Crippen LogP contribution in [-0.4, -0.2) is 27.3 Å². The summed E-state index contributed by atoms with van der Waals surface area (Å²) in [7, 11) is 0. The van der Waals surface area contributed by atoms with E-state index in [-0.39, 0.29) is 12.0 Å². The fraction of sp³-hybridized carbons (Fsp3) is 0.0667. The molecule has 0 unspecified atom stereocenters. The van der Waals surface area contributed by atoms with Crippen LogP contribution in [-0.2, 0) is 11.2 Å². The minimum atomic E-state index is -0.800. The number of benzene rings is 2.